The molecule has 2 aliphatic rings. The summed E-state index contributed by atoms with van der Waals surface area (Å²) in [5.74, 6) is 0.138. The van der Waals surface area contributed by atoms with Gasteiger partial charge in [-0.25, -0.2) is 0 Å². The third-order valence-corrected chi connectivity index (χ3v) is 2.73. The highest BCUT2D eigenvalue weighted by Gasteiger charge is 2.34. The summed E-state index contributed by atoms with van der Waals surface area (Å²) in [4.78, 5) is 11.4. The zero-order valence-corrected chi connectivity index (χ0v) is 9.15. The van der Waals surface area contributed by atoms with Crippen LogP contribution in [0.4, 0.5) is 0 Å². The van der Waals surface area contributed by atoms with E-state index in [1.807, 2.05) is 0 Å². The van der Waals surface area contributed by atoms with Gasteiger partial charge >= 0.3 is 0 Å². The van der Waals surface area contributed by atoms with E-state index in [1.54, 1.807) is 0 Å². The zero-order valence-electron chi connectivity index (χ0n) is 8.34. The fraction of sp³-hybridized carbons (Fsp3) is 0.889. The lowest BCUT2D eigenvalue weighted by atomic mass is 9.88. The predicted octanol–water partition coefficient (Wildman–Crippen LogP) is -0.0772. The summed E-state index contributed by atoms with van der Waals surface area (Å²) in [7, 11) is 0. The number of ether oxygens (including phenoxy) is 1. The van der Waals surface area contributed by atoms with Crippen molar-refractivity contribution in [1.82, 2.24) is 10.6 Å². The standard InChI is InChI=1S/C9H16N2O2.ClH/c1-9(5-13-6-9)4-11-8(12)7-2-3-10-7;/h7,10H,2-6H2,1H3,(H,11,12);1H/t7-;/m1./s1. The molecule has 1 atom stereocenters. The zero-order chi connectivity index (χ0) is 9.31. The molecule has 0 spiro atoms. The van der Waals surface area contributed by atoms with Crippen LogP contribution >= 0.6 is 12.4 Å². The van der Waals surface area contributed by atoms with E-state index in [0.29, 0.717) is 0 Å². The van der Waals surface area contributed by atoms with Gasteiger partial charge in [0.15, 0.2) is 0 Å². The van der Waals surface area contributed by atoms with E-state index in [9.17, 15) is 4.79 Å². The number of carbonyl (C=O) groups is 1. The highest BCUT2D eigenvalue weighted by molar-refractivity contribution is 5.85. The Morgan fingerprint density at radius 3 is 2.64 bits per heavy atom. The van der Waals surface area contributed by atoms with Crippen molar-refractivity contribution in [2.75, 3.05) is 26.3 Å². The predicted molar refractivity (Wildman–Crippen MR) is 55.6 cm³/mol. The van der Waals surface area contributed by atoms with Gasteiger partial charge in [0, 0.05) is 12.0 Å². The Morgan fingerprint density at radius 2 is 2.29 bits per heavy atom. The van der Waals surface area contributed by atoms with E-state index in [0.717, 1.165) is 32.7 Å². The van der Waals surface area contributed by atoms with Crippen LogP contribution in [0.25, 0.3) is 0 Å². The van der Waals surface area contributed by atoms with Gasteiger partial charge in [0.2, 0.25) is 5.91 Å². The first kappa shape index (κ1) is 11.8. The molecular weight excluding hydrogens is 204 g/mol. The fourth-order valence-corrected chi connectivity index (χ4v) is 1.49. The van der Waals surface area contributed by atoms with Crippen LogP contribution < -0.4 is 10.6 Å². The topological polar surface area (TPSA) is 50.4 Å². The largest absolute Gasteiger partial charge is 0.380 e. The molecule has 0 unspecified atom stereocenters. The Kier molecular flexibility index (Phi) is 3.75. The van der Waals surface area contributed by atoms with Crippen LogP contribution in [-0.4, -0.2) is 38.3 Å². The van der Waals surface area contributed by atoms with Crippen molar-refractivity contribution in [3.05, 3.63) is 0 Å². The average molecular weight is 221 g/mol. The van der Waals surface area contributed by atoms with Gasteiger partial charge in [-0.2, -0.15) is 0 Å². The second kappa shape index (κ2) is 4.47. The smallest absolute Gasteiger partial charge is 0.237 e. The molecule has 2 fully saturated rings. The van der Waals surface area contributed by atoms with Crippen LogP contribution in [0.15, 0.2) is 0 Å². The van der Waals surface area contributed by atoms with Crippen molar-refractivity contribution in [3.63, 3.8) is 0 Å². The molecule has 0 aromatic rings. The van der Waals surface area contributed by atoms with Crippen LogP contribution in [0.5, 0.6) is 0 Å². The van der Waals surface area contributed by atoms with Crippen molar-refractivity contribution in [1.29, 1.82) is 0 Å². The molecule has 0 bridgehead atoms. The summed E-state index contributed by atoms with van der Waals surface area (Å²) in [5, 5.41) is 6.02. The average Bonchev–Trinajstić information content (AvgIpc) is 1.94. The van der Waals surface area contributed by atoms with Crippen molar-refractivity contribution in [3.8, 4) is 0 Å². The maximum atomic E-state index is 11.4. The molecule has 0 radical (unpaired) electrons. The van der Waals surface area contributed by atoms with Crippen LogP contribution in [0.2, 0.25) is 0 Å². The van der Waals surface area contributed by atoms with E-state index in [2.05, 4.69) is 17.6 Å². The monoisotopic (exact) mass is 220 g/mol. The molecule has 14 heavy (non-hydrogen) atoms. The minimum atomic E-state index is 0. The number of hydrogen-bond acceptors (Lipinski definition) is 3. The van der Waals surface area contributed by atoms with Crippen LogP contribution in [0, 0.1) is 5.41 Å². The Morgan fingerprint density at radius 1 is 1.64 bits per heavy atom. The number of rotatable bonds is 3. The van der Waals surface area contributed by atoms with E-state index >= 15 is 0 Å². The van der Waals surface area contributed by atoms with Crippen molar-refractivity contribution >= 4 is 18.3 Å². The van der Waals surface area contributed by atoms with Crippen molar-refractivity contribution in [2.24, 2.45) is 5.41 Å². The van der Waals surface area contributed by atoms with Gasteiger partial charge in [-0.15, -0.1) is 12.4 Å². The summed E-state index contributed by atoms with van der Waals surface area (Å²) < 4.78 is 5.10. The summed E-state index contributed by atoms with van der Waals surface area (Å²) >= 11 is 0. The van der Waals surface area contributed by atoms with E-state index in [4.69, 9.17) is 4.74 Å². The number of carbonyl (C=O) groups excluding carboxylic acids is 1. The van der Waals surface area contributed by atoms with Gasteiger partial charge in [-0.05, 0) is 13.0 Å². The fourth-order valence-electron chi connectivity index (χ4n) is 1.49. The van der Waals surface area contributed by atoms with Crippen molar-refractivity contribution in [2.45, 2.75) is 19.4 Å². The summed E-state index contributed by atoms with van der Waals surface area (Å²) in [5.41, 5.74) is 0.180. The number of nitrogens with one attached hydrogen (secondary N) is 2. The van der Waals surface area contributed by atoms with Gasteiger partial charge in [0.25, 0.3) is 0 Å². The van der Waals surface area contributed by atoms with Crippen LogP contribution in [0.1, 0.15) is 13.3 Å². The Hall–Kier alpha value is -0.320. The molecule has 82 valence electrons. The Labute approximate surface area is 90.2 Å². The molecule has 1 amide bonds. The van der Waals surface area contributed by atoms with Gasteiger partial charge in [0.05, 0.1) is 19.3 Å². The first-order valence-electron chi connectivity index (χ1n) is 4.78. The Balaban J connectivity index is 0.000000980. The molecule has 2 aliphatic heterocycles. The maximum absolute atomic E-state index is 11.4. The van der Waals surface area contributed by atoms with E-state index < -0.39 is 0 Å². The molecule has 0 aromatic carbocycles. The second-order valence-electron chi connectivity index (χ2n) is 4.32. The van der Waals surface area contributed by atoms with E-state index in [-0.39, 0.29) is 29.8 Å². The molecule has 2 N–H and O–H groups in total. The minimum absolute atomic E-state index is 0. The molecule has 4 nitrogen and oxygen atoms in total. The van der Waals surface area contributed by atoms with Gasteiger partial charge in [0.1, 0.15) is 0 Å². The molecule has 5 heteroatoms. The first-order valence-corrected chi connectivity index (χ1v) is 4.78. The SMILES string of the molecule is CC1(CNC(=O)[C@H]2CCN2)COC1.Cl. The molecule has 0 saturated carbocycles. The van der Waals surface area contributed by atoms with Gasteiger partial charge in [-0.3, -0.25) is 4.79 Å². The number of halogens is 1. The summed E-state index contributed by atoms with van der Waals surface area (Å²) in [6, 6.07) is 0.0598. The highest BCUT2D eigenvalue weighted by Crippen LogP contribution is 2.25. The van der Waals surface area contributed by atoms with Crippen LogP contribution in [-0.2, 0) is 9.53 Å². The van der Waals surface area contributed by atoms with Crippen LogP contribution in [0.3, 0.4) is 0 Å². The quantitative estimate of drug-likeness (QED) is 0.700. The lowest BCUT2D eigenvalue weighted by Crippen LogP contribution is -2.56. The van der Waals surface area contributed by atoms with Gasteiger partial charge < -0.3 is 15.4 Å². The van der Waals surface area contributed by atoms with E-state index in [1.165, 1.54) is 0 Å². The lowest BCUT2D eigenvalue weighted by Gasteiger charge is -2.38. The molecule has 2 rings (SSSR count). The van der Waals surface area contributed by atoms with Crippen molar-refractivity contribution < 1.29 is 9.53 Å². The third-order valence-electron chi connectivity index (χ3n) is 2.73. The Bertz CT molecular complexity index is 215. The molecule has 2 heterocycles. The maximum Gasteiger partial charge on any atom is 0.237 e. The normalized spacial score (nSPS) is 27.9. The number of hydrogen-bond donors (Lipinski definition) is 2. The minimum Gasteiger partial charge on any atom is -0.380 e. The second-order valence-corrected chi connectivity index (χ2v) is 4.32. The third kappa shape index (κ3) is 2.38. The highest BCUT2D eigenvalue weighted by atomic mass is 35.5. The molecule has 0 aliphatic carbocycles. The molecule has 0 aromatic heterocycles. The summed E-state index contributed by atoms with van der Waals surface area (Å²) in [6.07, 6.45) is 0.971. The molecular formula is C9H17ClN2O2. The first-order chi connectivity index (χ1) is 6.20. The van der Waals surface area contributed by atoms with Gasteiger partial charge in [-0.1, -0.05) is 6.92 Å². The number of amides is 1. The summed E-state index contributed by atoms with van der Waals surface area (Å²) in [6.45, 7) is 5.38. The lowest BCUT2D eigenvalue weighted by molar-refractivity contribution is -0.130. The molecule has 2 saturated heterocycles.